The van der Waals surface area contributed by atoms with Crippen LogP contribution in [0, 0.1) is 0 Å². The van der Waals surface area contributed by atoms with Crippen molar-refractivity contribution in [1.29, 1.82) is 0 Å². The van der Waals surface area contributed by atoms with E-state index in [1.165, 1.54) is 14.0 Å². The highest BCUT2D eigenvalue weighted by Crippen LogP contribution is 2.30. The lowest BCUT2D eigenvalue weighted by atomic mass is 10.3. The van der Waals surface area contributed by atoms with Gasteiger partial charge in [-0.2, -0.15) is 0 Å². The Labute approximate surface area is 159 Å². The van der Waals surface area contributed by atoms with Crippen molar-refractivity contribution in [2.75, 3.05) is 7.11 Å². The lowest BCUT2D eigenvalue weighted by Crippen LogP contribution is -2.48. The van der Waals surface area contributed by atoms with Crippen molar-refractivity contribution < 1.29 is 19.0 Å². The van der Waals surface area contributed by atoms with Crippen LogP contribution in [-0.4, -0.2) is 18.9 Å². The predicted octanol–water partition coefficient (Wildman–Crippen LogP) is 5.32. The molecule has 2 rings (SSSR count). The first-order chi connectivity index (χ1) is 10.8. The summed E-state index contributed by atoms with van der Waals surface area (Å²) in [6.45, 7) is 1.51. The van der Waals surface area contributed by atoms with Crippen LogP contribution < -0.4 is 9.47 Å². The molecule has 122 valence electrons. The molecule has 4 nitrogen and oxygen atoms in total. The maximum Gasteiger partial charge on any atom is 0.392 e. The molecule has 0 spiro atoms. The molecule has 0 aliphatic rings. The van der Waals surface area contributed by atoms with Gasteiger partial charge in [-0.05, 0) is 74.3 Å². The van der Waals surface area contributed by atoms with Crippen molar-refractivity contribution in [2.24, 2.45) is 0 Å². The van der Waals surface area contributed by atoms with Gasteiger partial charge in [-0.25, -0.2) is 4.79 Å². The fraction of sp³-hybridized carbons (Fsp3) is 0.188. The quantitative estimate of drug-likeness (QED) is 0.405. The molecule has 0 aliphatic heterocycles. The molecule has 2 aromatic rings. The highest BCUT2D eigenvalue weighted by atomic mass is 79.9. The van der Waals surface area contributed by atoms with Crippen molar-refractivity contribution in [2.45, 2.75) is 12.7 Å². The second kappa shape index (κ2) is 7.68. The van der Waals surface area contributed by atoms with Crippen LogP contribution in [0.3, 0.4) is 0 Å². The van der Waals surface area contributed by atoms with Crippen LogP contribution in [0.1, 0.15) is 6.92 Å². The first-order valence-electron chi connectivity index (χ1n) is 6.51. The maximum absolute atomic E-state index is 12.2. The second-order valence-electron chi connectivity index (χ2n) is 4.67. The molecule has 0 aliphatic carbocycles. The van der Waals surface area contributed by atoms with Gasteiger partial charge in [0.25, 0.3) is 0 Å². The Hall–Kier alpha value is -1.05. The van der Waals surface area contributed by atoms with Crippen molar-refractivity contribution >= 4 is 53.8 Å². The van der Waals surface area contributed by atoms with Crippen molar-refractivity contribution in [1.82, 2.24) is 0 Å². The zero-order valence-electron chi connectivity index (χ0n) is 12.3. The number of rotatable bonds is 5. The molecule has 0 amide bonds. The number of carbonyl (C=O) groups is 1. The zero-order chi connectivity index (χ0) is 17.0. The van der Waals surface area contributed by atoms with Gasteiger partial charge >= 0.3 is 11.8 Å². The van der Waals surface area contributed by atoms with E-state index < -0.39 is 11.8 Å². The van der Waals surface area contributed by atoms with E-state index >= 15 is 0 Å². The molecule has 2 aromatic carbocycles. The van der Waals surface area contributed by atoms with Gasteiger partial charge in [-0.1, -0.05) is 15.9 Å². The van der Waals surface area contributed by atoms with Crippen LogP contribution in [-0.2, 0) is 9.53 Å². The average molecular weight is 509 g/mol. The molecule has 0 saturated heterocycles. The number of ether oxygens (including phenoxy) is 3. The Morgan fingerprint density at radius 2 is 1.48 bits per heavy atom. The molecular formula is C16H13Br3O4. The summed E-state index contributed by atoms with van der Waals surface area (Å²) >= 11 is 10.1. The van der Waals surface area contributed by atoms with Gasteiger partial charge in [-0.15, -0.1) is 0 Å². The Bertz CT molecular complexity index is 703. The monoisotopic (exact) mass is 506 g/mol. The van der Waals surface area contributed by atoms with Crippen LogP contribution >= 0.6 is 47.8 Å². The Kier molecular flexibility index (Phi) is 6.11. The molecule has 1 atom stereocenters. The molecule has 0 aromatic heterocycles. The molecule has 23 heavy (non-hydrogen) atoms. The van der Waals surface area contributed by atoms with Crippen LogP contribution in [0.25, 0.3) is 0 Å². The summed E-state index contributed by atoms with van der Waals surface area (Å²) in [5.74, 6) is -1.31. The summed E-state index contributed by atoms with van der Waals surface area (Å²) in [5, 5.41) is 0. The number of halogens is 3. The Balaban J connectivity index is 2.29. The topological polar surface area (TPSA) is 44.8 Å². The number of hydrogen-bond acceptors (Lipinski definition) is 4. The molecule has 0 bridgehead atoms. The molecule has 0 heterocycles. The summed E-state index contributed by atoms with van der Waals surface area (Å²) < 4.78 is 18.9. The normalized spacial score (nSPS) is 13.1. The number of methoxy groups -OCH3 is 1. The number of esters is 1. The van der Waals surface area contributed by atoms with Gasteiger partial charge in [0.2, 0.25) is 0 Å². The fourth-order valence-corrected chi connectivity index (χ4v) is 2.65. The molecule has 7 heteroatoms. The van der Waals surface area contributed by atoms with E-state index in [2.05, 4.69) is 47.8 Å². The predicted molar refractivity (Wildman–Crippen MR) is 97.7 cm³/mol. The summed E-state index contributed by atoms with van der Waals surface area (Å²) in [6.07, 6.45) is 0. The summed E-state index contributed by atoms with van der Waals surface area (Å²) in [6, 6.07) is 12.3. The van der Waals surface area contributed by atoms with Crippen molar-refractivity contribution in [3.8, 4) is 11.5 Å². The fourth-order valence-electron chi connectivity index (χ4n) is 1.78. The largest absolute Gasteiger partial charge is 0.463 e. The van der Waals surface area contributed by atoms with E-state index in [1.54, 1.807) is 30.3 Å². The highest BCUT2D eigenvalue weighted by molar-refractivity contribution is 9.13. The van der Waals surface area contributed by atoms with Crippen LogP contribution in [0.5, 0.6) is 11.5 Å². The number of carbonyl (C=O) groups excluding carboxylic acids is 1. The van der Waals surface area contributed by atoms with E-state index in [4.69, 9.17) is 14.2 Å². The minimum Gasteiger partial charge on any atom is -0.463 e. The van der Waals surface area contributed by atoms with Gasteiger partial charge < -0.3 is 14.2 Å². The Morgan fingerprint density at radius 1 is 0.913 bits per heavy atom. The van der Waals surface area contributed by atoms with E-state index in [-0.39, 0.29) is 0 Å². The second-order valence-corrected chi connectivity index (χ2v) is 7.30. The standard InChI is InChI=1S/C16H13Br3O4/c1-16(15(20)21-2,22-11-5-3-10(17)4-6-11)23-12-7-8-13(18)14(19)9-12/h3-9H,1-2H3. The third kappa shape index (κ3) is 4.71. The molecule has 0 saturated carbocycles. The minimum absolute atomic E-state index is 0.463. The molecule has 0 radical (unpaired) electrons. The summed E-state index contributed by atoms with van der Waals surface area (Å²) in [5.41, 5.74) is 0. The highest BCUT2D eigenvalue weighted by Gasteiger charge is 2.40. The summed E-state index contributed by atoms with van der Waals surface area (Å²) in [7, 11) is 1.28. The van der Waals surface area contributed by atoms with Gasteiger partial charge in [0.05, 0.1) is 7.11 Å². The van der Waals surface area contributed by atoms with Gasteiger partial charge in [0, 0.05) is 20.3 Å². The van der Waals surface area contributed by atoms with Crippen molar-refractivity contribution in [3.05, 3.63) is 55.9 Å². The van der Waals surface area contributed by atoms with E-state index in [1.807, 2.05) is 12.1 Å². The Morgan fingerprint density at radius 3 is 2.04 bits per heavy atom. The number of benzene rings is 2. The van der Waals surface area contributed by atoms with Crippen molar-refractivity contribution in [3.63, 3.8) is 0 Å². The lowest BCUT2D eigenvalue weighted by molar-refractivity contribution is -0.184. The van der Waals surface area contributed by atoms with E-state index in [0.717, 1.165) is 13.4 Å². The third-order valence-electron chi connectivity index (χ3n) is 2.89. The SMILES string of the molecule is COC(=O)C(C)(Oc1ccc(Br)cc1)Oc1ccc(Br)c(Br)c1. The van der Waals surface area contributed by atoms with Gasteiger partial charge in [0.15, 0.2) is 0 Å². The van der Waals surface area contributed by atoms with Crippen LogP contribution in [0.4, 0.5) is 0 Å². The first-order valence-corrected chi connectivity index (χ1v) is 8.89. The smallest absolute Gasteiger partial charge is 0.392 e. The first kappa shape index (κ1) is 18.3. The van der Waals surface area contributed by atoms with E-state index in [0.29, 0.717) is 11.5 Å². The summed E-state index contributed by atoms with van der Waals surface area (Å²) in [4.78, 5) is 12.2. The third-order valence-corrected chi connectivity index (χ3v) is 5.29. The van der Waals surface area contributed by atoms with Crippen LogP contribution in [0.2, 0.25) is 0 Å². The average Bonchev–Trinajstić information content (AvgIpc) is 2.52. The van der Waals surface area contributed by atoms with Crippen LogP contribution in [0.15, 0.2) is 55.9 Å². The van der Waals surface area contributed by atoms with Gasteiger partial charge in [-0.3, -0.25) is 0 Å². The van der Waals surface area contributed by atoms with E-state index in [9.17, 15) is 4.79 Å². The molecule has 0 fully saturated rings. The molecule has 0 N–H and O–H groups in total. The zero-order valence-corrected chi connectivity index (χ0v) is 17.1. The minimum atomic E-state index is -1.62. The molecule has 1 unspecified atom stereocenters. The number of hydrogen-bond donors (Lipinski definition) is 0. The maximum atomic E-state index is 12.2. The van der Waals surface area contributed by atoms with Gasteiger partial charge in [0.1, 0.15) is 11.5 Å². The molecular weight excluding hydrogens is 496 g/mol. The lowest BCUT2D eigenvalue weighted by Gasteiger charge is -2.28.